The number of rotatable bonds is 4. The summed E-state index contributed by atoms with van der Waals surface area (Å²) in [7, 11) is 0. The Morgan fingerprint density at radius 3 is 2.18 bits per heavy atom. The molecule has 0 aromatic carbocycles. The van der Waals surface area contributed by atoms with E-state index in [0.717, 1.165) is 0 Å². The molecule has 5 nitrogen and oxygen atoms in total. The molecule has 0 aliphatic rings. The number of halogens is 2. The minimum Gasteiger partial charge on any atom is -0.428 e. The maximum atomic E-state index is 12.7. The van der Waals surface area contributed by atoms with E-state index in [1.165, 1.54) is 0 Å². The van der Waals surface area contributed by atoms with E-state index in [0.29, 0.717) is 0 Å². The normalized spacial score (nSPS) is 12.1. The molecule has 0 saturated carbocycles. The van der Waals surface area contributed by atoms with Crippen molar-refractivity contribution in [2.45, 2.75) is 45.1 Å². The van der Waals surface area contributed by atoms with Crippen LogP contribution in [0.2, 0.25) is 0 Å². The zero-order valence-electron chi connectivity index (χ0n) is 10.1. The molecule has 17 heavy (non-hydrogen) atoms. The molecule has 0 spiro atoms. The highest BCUT2D eigenvalue weighted by atomic mass is 19.3. The molecule has 0 rings (SSSR count). The standard InChI is InChI=1S/C10H17F2NO4/c1-9(2,3)17-8(15)16-7(14)4-5-10(11,12)6-13/h4-6,13H2,1-3H3. The molecule has 0 radical (unpaired) electrons. The Balaban J connectivity index is 3.99. The number of carbonyl (C=O) groups is 2. The van der Waals surface area contributed by atoms with Crippen LogP contribution in [0.3, 0.4) is 0 Å². The number of nitrogens with two attached hydrogens (primary N) is 1. The summed E-state index contributed by atoms with van der Waals surface area (Å²) in [5.41, 5.74) is 3.98. The lowest BCUT2D eigenvalue weighted by Crippen LogP contribution is -2.30. The number of carbonyl (C=O) groups excluding carboxylic acids is 2. The van der Waals surface area contributed by atoms with E-state index in [1.54, 1.807) is 20.8 Å². The van der Waals surface area contributed by atoms with Gasteiger partial charge in [0.15, 0.2) is 0 Å². The largest absolute Gasteiger partial charge is 0.516 e. The van der Waals surface area contributed by atoms with Crippen molar-refractivity contribution >= 4 is 12.1 Å². The van der Waals surface area contributed by atoms with Crippen molar-refractivity contribution in [2.75, 3.05) is 6.54 Å². The Kier molecular flexibility index (Phi) is 5.47. The highest BCUT2D eigenvalue weighted by Crippen LogP contribution is 2.18. The van der Waals surface area contributed by atoms with E-state index in [2.05, 4.69) is 9.47 Å². The van der Waals surface area contributed by atoms with Crippen LogP contribution in [0.4, 0.5) is 13.6 Å². The fourth-order valence-corrected chi connectivity index (χ4v) is 0.802. The Bertz CT molecular complexity index is 287. The molecule has 0 amide bonds. The molecule has 2 N–H and O–H groups in total. The Morgan fingerprint density at radius 2 is 1.76 bits per heavy atom. The molecular weight excluding hydrogens is 236 g/mol. The first-order chi connectivity index (χ1) is 7.56. The van der Waals surface area contributed by atoms with Crippen LogP contribution in [0.25, 0.3) is 0 Å². The highest BCUT2D eigenvalue weighted by Gasteiger charge is 2.29. The number of hydrogen-bond donors (Lipinski definition) is 1. The predicted molar refractivity (Wildman–Crippen MR) is 55.6 cm³/mol. The van der Waals surface area contributed by atoms with Crippen molar-refractivity contribution in [2.24, 2.45) is 5.73 Å². The number of hydrogen-bond acceptors (Lipinski definition) is 5. The molecule has 0 aromatic rings. The van der Waals surface area contributed by atoms with Gasteiger partial charge in [-0.1, -0.05) is 0 Å². The fourth-order valence-electron chi connectivity index (χ4n) is 0.802. The molecule has 0 heterocycles. The van der Waals surface area contributed by atoms with Gasteiger partial charge < -0.3 is 15.2 Å². The first-order valence-electron chi connectivity index (χ1n) is 5.07. The second-order valence-corrected chi connectivity index (χ2v) is 4.50. The lowest BCUT2D eigenvalue weighted by Gasteiger charge is -2.18. The summed E-state index contributed by atoms with van der Waals surface area (Å²) >= 11 is 0. The summed E-state index contributed by atoms with van der Waals surface area (Å²) in [6.07, 6.45) is -2.55. The number of esters is 1. The summed E-state index contributed by atoms with van der Waals surface area (Å²) < 4.78 is 34.2. The molecule has 0 unspecified atom stereocenters. The van der Waals surface area contributed by atoms with Gasteiger partial charge in [0, 0.05) is 6.42 Å². The highest BCUT2D eigenvalue weighted by molar-refractivity contribution is 5.81. The lowest BCUT2D eigenvalue weighted by atomic mass is 10.2. The van der Waals surface area contributed by atoms with Gasteiger partial charge in [-0.3, -0.25) is 4.79 Å². The van der Waals surface area contributed by atoms with E-state index < -0.39 is 43.0 Å². The zero-order valence-corrected chi connectivity index (χ0v) is 10.1. The van der Waals surface area contributed by atoms with Crippen LogP contribution < -0.4 is 5.73 Å². The van der Waals surface area contributed by atoms with Gasteiger partial charge in [-0.25, -0.2) is 13.6 Å². The van der Waals surface area contributed by atoms with E-state index in [9.17, 15) is 18.4 Å². The molecular formula is C10H17F2NO4. The Morgan fingerprint density at radius 1 is 1.24 bits per heavy atom. The maximum absolute atomic E-state index is 12.7. The van der Waals surface area contributed by atoms with Crippen LogP contribution in [0.15, 0.2) is 0 Å². The van der Waals surface area contributed by atoms with Crippen LogP contribution >= 0.6 is 0 Å². The van der Waals surface area contributed by atoms with Gasteiger partial charge >= 0.3 is 12.1 Å². The molecule has 0 atom stereocenters. The minimum absolute atomic E-state index is 0.594. The SMILES string of the molecule is CC(C)(C)OC(=O)OC(=O)CCC(F)(F)CN. The summed E-state index contributed by atoms with van der Waals surface area (Å²) in [5.74, 6) is -4.19. The summed E-state index contributed by atoms with van der Waals surface area (Å²) in [6.45, 7) is 3.90. The van der Waals surface area contributed by atoms with Gasteiger partial charge in [-0.2, -0.15) is 0 Å². The van der Waals surface area contributed by atoms with Crippen molar-refractivity contribution in [1.29, 1.82) is 0 Å². The van der Waals surface area contributed by atoms with Crippen molar-refractivity contribution in [3.05, 3.63) is 0 Å². The van der Waals surface area contributed by atoms with E-state index >= 15 is 0 Å². The third-order valence-electron chi connectivity index (χ3n) is 1.58. The molecule has 0 aromatic heterocycles. The van der Waals surface area contributed by atoms with E-state index in [1.807, 2.05) is 0 Å². The second kappa shape index (κ2) is 5.90. The molecule has 7 heteroatoms. The van der Waals surface area contributed by atoms with Crippen LogP contribution in [0.5, 0.6) is 0 Å². The van der Waals surface area contributed by atoms with Gasteiger partial charge in [0.25, 0.3) is 5.92 Å². The van der Waals surface area contributed by atoms with Gasteiger partial charge in [0.1, 0.15) is 5.60 Å². The van der Waals surface area contributed by atoms with Crippen molar-refractivity contribution in [1.82, 2.24) is 0 Å². The van der Waals surface area contributed by atoms with E-state index in [-0.39, 0.29) is 0 Å². The maximum Gasteiger partial charge on any atom is 0.516 e. The topological polar surface area (TPSA) is 78.6 Å². The lowest BCUT2D eigenvalue weighted by molar-refractivity contribution is -0.143. The molecule has 0 aliphatic carbocycles. The van der Waals surface area contributed by atoms with Gasteiger partial charge in [0.05, 0.1) is 13.0 Å². The van der Waals surface area contributed by atoms with Gasteiger partial charge in [0.2, 0.25) is 0 Å². The Labute approximate surface area is 98.2 Å². The summed E-state index contributed by atoms with van der Waals surface area (Å²) in [5, 5.41) is 0. The molecule has 0 saturated heterocycles. The first-order valence-corrected chi connectivity index (χ1v) is 5.07. The Hall–Kier alpha value is -1.24. The second-order valence-electron chi connectivity index (χ2n) is 4.50. The monoisotopic (exact) mass is 253 g/mol. The van der Waals surface area contributed by atoms with Crippen LogP contribution in [-0.4, -0.2) is 30.2 Å². The third kappa shape index (κ3) is 8.56. The van der Waals surface area contributed by atoms with Crippen LogP contribution in [-0.2, 0) is 14.3 Å². The molecule has 0 fully saturated rings. The van der Waals surface area contributed by atoms with Crippen LogP contribution in [0.1, 0.15) is 33.6 Å². The average Bonchev–Trinajstić information content (AvgIpc) is 2.12. The zero-order chi connectivity index (χ0) is 13.7. The van der Waals surface area contributed by atoms with Gasteiger partial charge in [-0.15, -0.1) is 0 Å². The minimum atomic E-state index is -3.13. The number of ether oxygens (including phenoxy) is 2. The van der Waals surface area contributed by atoms with Crippen molar-refractivity contribution in [3.63, 3.8) is 0 Å². The summed E-state index contributed by atoms with van der Waals surface area (Å²) in [6, 6.07) is 0. The van der Waals surface area contributed by atoms with Crippen LogP contribution in [0, 0.1) is 0 Å². The average molecular weight is 253 g/mol. The van der Waals surface area contributed by atoms with Crippen molar-refractivity contribution in [3.8, 4) is 0 Å². The molecule has 0 bridgehead atoms. The smallest absolute Gasteiger partial charge is 0.428 e. The molecule has 0 aliphatic heterocycles. The number of alkyl halides is 2. The first kappa shape index (κ1) is 15.8. The van der Waals surface area contributed by atoms with Crippen molar-refractivity contribution < 1.29 is 27.8 Å². The molecule has 100 valence electrons. The fraction of sp³-hybridized carbons (Fsp3) is 0.800. The third-order valence-corrected chi connectivity index (χ3v) is 1.58. The van der Waals surface area contributed by atoms with E-state index in [4.69, 9.17) is 5.73 Å². The summed E-state index contributed by atoms with van der Waals surface area (Å²) in [4.78, 5) is 22.0. The van der Waals surface area contributed by atoms with Gasteiger partial charge in [-0.05, 0) is 20.8 Å². The quantitative estimate of drug-likeness (QED) is 0.611. The predicted octanol–water partition coefficient (Wildman–Crippen LogP) is 1.84.